The van der Waals surface area contributed by atoms with Gasteiger partial charge in [-0.3, -0.25) is 20.2 Å². The summed E-state index contributed by atoms with van der Waals surface area (Å²) in [4.78, 5) is 29.2. The molecule has 0 spiro atoms. The van der Waals surface area contributed by atoms with Crippen LogP contribution < -0.4 is 10.2 Å². The van der Waals surface area contributed by atoms with E-state index in [0.717, 1.165) is 0 Å². The Balaban J connectivity index is 0.00000312. The number of hydrogen-bond donors (Lipinski definition) is 2. The van der Waals surface area contributed by atoms with Crippen LogP contribution in [0.2, 0.25) is 0 Å². The van der Waals surface area contributed by atoms with Crippen molar-refractivity contribution < 1.29 is 14.8 Å². The molecule has 8 nitrogen and oxygen atoms in total. The van der Waals surface area contributed by atoms with Crippen LogP contribution in [0.3, 0.4) is 0 Å². The second-order valence-corrected chi connectivity index (χ2v) is 7.44. The van der Waals surface area contributed by atoms with Gasteiger partial charge >= 0.3 is 5.97 Å². The number of carbonyl (C=O) groups is 1. The summed E-state index contributed by atoms with van der Waals surface area (Å²) in [5.74, 6) is -1.12. The van der Waals surface area contributed by atoms with Crippen LogP contribution in [0, 0.1) is 21.4 Å². The van der Waals surface area contributed by atoms with E-state index in [0.29, 0.717) is 11.4 Å². The number of aromatic nitrogens is 1. The number of pyridine rings is 1. The van der Waals surface area contributed by atoms with Gasteiger partial charge in [0.15, 0.2) is 0 Å². The highest BCUT2D eigenvalue weighted by atomic mass is 35.5. The molecule has 4 atom stereocenters. The van der Waals surface area contributed by atoms with Crippen molar-refractivity contribution in [2.75, 3.05) is 19.0 Å². The van der Waals surface area contributed by atoms with E-state index >= 15 is 0 Å². The molecule has 1 aliphatic rings. The number of halogens is 1. The molecule has 0 aromatic carbocycles. The smallest absolute Gasteiger partial charge is 0.321 e. The first-order valence-corrected chi connectivity index (χ1v) is 7.80. The van der Waals surface area contributed by atoms with Gasteiger partial charge in [-0.25, -0.2) is 4.98 Å². The van der Waals surface area contributed by atoms with Gasteiger partial charge in [0.2, 0.25) is 6.04 Å². The van der Waals surface area contributed by atoms with Crippen molar-refractivity contribution in [2.45, 2.75) is 38.9 Å². The lowest BCUT2D eigenvalue weighted by molar-refractivity contribution is -0.535. The summed E-state index contributed by atoms with van der Waals surface area (Å²) in [7, 11) is 3.61. The van der Waals surface area contributed by atoms with Crippen molar-refractivity contribution in [1.29, 1.82) is 0 Å². The molecule has 9 heteroatoms. The standard InChI is InChI=1S/C16H24N4O4.ClH/c1-16(2,3)10-12(15(21)22)18-11(13(10)20(23)24)9-7-6-8-17-14(9)19(4)5;/h6-8,10-13,18H,1-5H3,(H,21,22);1H. The number of nitrogens with one attached hydrogen (secondary N) is 1. The third-order valence-corrected chi connectivity index (χ3v) is 4.51. The molecule has 4 unspecified atom stereocenters. The van der Waals surface area contributed by atoms with Crippen LogP contribution in [0.4, 0.5) is 5.82 Å². The zero-order valence-electron chi connectivity index (χ0n) is 15.0. The van der Waals surface area contributed by atoms with Crippen LogP contribution in [-0.4, -0.2) is 47.2 Å². The number of aliphatic carboxylic acids is 1. The van der Waals surface area contributed by atoms with E-state index in [1.165, 1.54) is 0 Å². The zero-order valence-corrected chi connectivity index (χ0v) is 15.8. The van der Waals surface area contributed by atoms with E-state index in [1.807, 2.05) is 20.8 Å². The van der Waals surface area contributed by atoms with Crippen molar-refractivity contribution in [3.63, 3.8) is 0 Å². The summed E-state index contributed by atoms with van der Waals surface area (Å²) < 4.78 is 0. The summed E-state index contributed by atoms with van der Waals surface area (Å²) in [5, 5.41) is 24.4. The average molecular weight is 373 g/mol. The first kappa shape index (κ1) is 21.1. The van der Waals surface area contributed by atoms with E-state index in [4.69, 9.17) is 0 Å². The minimum Gasteiger partial charge on any atom is -0.480 e. The molecule has 0 radical (unpaired) electrons. The highest BCUT2D eigenvalue weighted by molar-refractivity contribution is 5.85. The molecule has 1 saturated heterocycles. The lowest BCUT2D eigenvalue weighted by Gasteiger charge is -2.30. The van der Waals surface area contributed by atoms with Crippen molar-refractivity contribution in [2.24, 2.45) is 11.3 Å². The highest BCUT2D eigenvalue weighted by Crippen LogP contribution is 2.44. The average Bonchev–Trinajstić information content (AvgIpc) is 2.88. The quantitative estimate of drug-likeness (QED) is 0.614. The fourth-order valence-corrected chi connectivity index (χ4v) is 3.59. The van der Waals surface area contributed by atoms with Gasteiger partial charge in [-0.15, -0.1) is 12.4 Å². The Hall–Kier alpha value is -1.93. The maximum absolute atomic E-state index is 11.8. The van der Waals surface area contributed by atoms with Crippen molar-refractivity contribution in [3.05, 3.63) is 34.0 Å². The zero-order chi connectivity index (χ0) is 18.2. The molecule has 2 N–H and O–H groups in total. The van der Waals surface area contributed by atoms with E-state index in [9.17, 15) is 20.0 Å². The van der Waals surface area contributed by atoms with Gasteiger partial charge in [0.1, 0.15) is 17.9 Å². The number of hydrogen-bond acceptors (Lipinski definition) is 6. The minimum absolute atomic E-state index is 0. The summed E-state index contributed by atoms with van der Waals surface area (Å²) in [6.45, 7) is 5.51. The van der Waals surface area contributed by atoms with Gasteiger partial charge in [0, 0.05) is 30.8 Å². The number of rotatable bonds is 4. The van der Waals surface area contributed by atoms with Gasteiger partial charge in [-0.05, 0) is 11.5 Å². The van der Waals surface area contributed by atoms with Crippen LogP contribution in [0.15, 0.2) is 18.3 Å². The Bertz CT molecular complexity index is 647. The van der Waals surface area contributed by atoms with Gasteiger partial charge in [-0.2, -0.15) is 0 Å². The molecular formula is C16H25ClN4O4. The monoisotopic (exact) mass is 372 g/mol. The fourth-order valence-electron chi connectivity index (χ4n) is 3.59. The maximum atomic E-state index is 11.8. The van der Waals surface area contributed by atoms with Crippen LogP contribution in [0.1, 0.15) is 32.4 Å². The third kappa shape index (κ3) is 4.01. The van der Waals surface area contributed by atoms with Crippen LogP contribution in [0.5, 0.6) is 0 Å². The Morgan fingerprint density at radius 1 is 1.40 bits per heavy atom. The second-order valence-electron chi connectivity index (χ2n) is 7.44. The van der Waals surface area contributed by atoms with Gasteiger partial charge in [-0.1, -0.05) is 26.8 Å². The number of carboxylic acid groups (broad SMARTS) is 1. The van der Waals surface area contributed by atoms with Gasteiger partial charge < -0.3 is 10.0 Å². The third-order valence-electron chi connectivity index (χ3n) is 4.51. The van der Waals surface area contributed by atoms with E-state index in [1.54, 1.807) is 37.3 Å². The molecule has 1 aromatic rings. The number of anilines is 1. The van der Waals surface area contributed by atoms with Gasteiger partial charge in [0.25, 0.3) is 0 Å². The van der Waals surface area contributed by atoms with Crippen molar-refractivity contribution in [3.8, 4) is 0 Å². The molecule has 2 rings (SSSR count). The molecule has 1 aromatic heterocycles. The number of carboxylic acids is 1. The lowest BCUT2D eigenvalue weighted by atomic mass is 9.73. The first-order chi connectivity index (χ1) is 11.1. The Kier molecular flexibility index (Phi) is 6.36. The molecular weight excluding hydrogens is 348 g/mol. The van der Waals surface area contributed by atoms with Crippen molar-refractivity contribution in [1.82, 2.24) is 10.3 Å². The Morgan fingerprint density at radius 2 is 2.00 bits per heavy atom. The first-order valence-electron chi connectivity index (χ1n) is 7.80. The van der Waals surface area contributed by atoms with Crippen molar-refractivity contribution >= 4 is 24.2 Å². The SMILES string of the molecule is CN(C)c1ncccc1C1NC(C(=O)O)C(C(C)(C)C)C1[N+](=O)[O-].Cl. The second kappa shape index (κ2) is 7.53. The molecule has 0 amide bonds. The Morgan fingerprint density at radius 3 is 2.44 bits per heavy atom. The molecule has 0 saturated carbocycles. The number of nitro groups is 1. The lowest BCUT2D eigenvalue weighted by Crippen LogP contribution is -2.44. The molecule has 1 fully saturated rings. The van der Waals surface area contributed by atoms with E-state index in [2.05, 4.69) is 10.3 Å². The molecule has 25 heavy (non-hydrogen) atoms. The van der Waals surface area contributed by atoms with Gasteiger partial charge in [0.05, 0.1) is 5.92 Å². The highest BCUT2D eigenvalue weighted by Gasteiger charge is 2.58. The maximum Gasteiger partial charge on any atom is 0.321 e. The normalized spacial score (nSPS) is 26.0. The summed E-state index contributed by atoms with van der Waals surface area (Å²) in [6.07, 6.45) is 1.62. The molecule has 2 heterocycles. The molecule has 1 aliphatic heterocycles. The fraction of sp³-hybridized carbons (Fsp3) is 0.625. The minimum atomic E-state index is -1.07. The molecule has 140 valence electrons. The van der Waals surface area contributed by atoms with E-state index < -0.39 is 35.4 Å². The number of nitrogens with zero attached hydrogens (tertiary/aromatic N) is 3. The summed E-state index contributed by atoms with van der Waals surface area (Å²) >= 11 is 0. The topological polar surface area (TPSA) is 109 Å². The van der Waals surface area contributed by atoms with Crippen LogP contribution in [-0.2, 0) is 4.79 Å². The van der Waals surface area contributed by atoms with Crippen LogP contribution >= 0.6 is 12.4 Å². The van der Waals surface area contributed by atoms with Crippen LogP contribution in [0.25, 0.3) is 0 Å². The predicted octanol–water partition coefficient (Wildman–Crippen LogP) is 1.97. The Labute approximate surface area is 153 Å². The molecule has 0 aliphatic carbocycles. The summed E-state index contributed by atoms with van der Waals surface area (Å²) in [6, 6.07) is 0.729. The predicted molar refractivity (Wildman–Crippen MR) is 96.8 cm³/mol. The summed E-state index contributed by atoms with van der Waals surface area (Å²) in [5.41, 5.74) is 0.102. The largest absolute Gasteiger partial charge is 0.480 e. The van der Waals surface area contributed by atoms with E-state index in [-0.39, 0.29) is 17.3 Å². The molecule has 0 bridgehead atoms.